The Morgan fingerprint density at radius 3 is 2.00 bits per heavy atom. The highest BCUT2D eigenvalue weighted by atomic mass is 19.1. The number of hydrogen-bond acceptors (Lipinski definition) is 3. The Morgan fingerprint density at radius 1 is 0.903 bits per heavy atom. The van der Waals surface area contributed by atoms with E-state index in [-0.39, 0.29) is 5.56 Å². The van der Waals surface area contributed by atoms with Crippen LogP contribution >= 0.6 is 0 Å². The van der Waals surface area contributed by atoms with Gasteiger partial charge in [-0.1, -0.05) is 82.7 Å². The van der Waals surface area contributed by atoms with Gasteiger partial charge in [0.15, 0.2) is 0 Å². The molecule has 0 saturated heterocycles. The van der Waals surface area contributed by atoms with E-state index in [4.69, 9.17) is 0 Å². The second-order valence-corrected chi connectivity index (χ2v) is 7.84. The molecule has 6 heteroatoms. The summed E-state index contributed by atoms with van der Waals surface area (Å²) in [5.74, 6) is -2.03. The summed E-state index contributed by atoms with van der Waals surface area (Å²) in [6.45, 7) is 4.11. The van der Waals surface area contributed by atoms with Crippen molar-refractivity contribution in [3.63, 3.8) is 0 Å². The third-order valence-electron chi connectivity index (χ3n) is 5.35. The van der Waals surface area contributed by atoms with E-state index in [1.807, 2.05) is 0 Å². The summed E-state index contributed by atoms with van der Waals surface area (Å²) in [5, 5.41) is 12.2. The van der Waals surface area contributed by atoms with Crippen LogP contribution in [0.1, 0.15) is 75.6 Å². The van der Waals surface area contributed by atoms with E-state index >= 15 is 0 Å². The van der Waals surface area contributed by atoms with E-state index in [0.29, 0.717) is 31.4 Å². The number of anilines is 1. The third kappa shape index (κ3) is 6.89. The molecule has 0 atom stereocenters. The minimum absolute atomic E-state index is 0.160. The number of carbonyl (C=O) groups excluding carboxylic acids is 2. The molecule has 2 rings (SSSR count). The maximum Gasteiger partial charge on any atom is 0.279 e. The first-order chi connectivity index (χ1) is 14.9. The molecule has 0 radical (unpaired) electrons. The van der Waals surface area contributed by atoms with Gasteiger partial charge in [0.25, 0.3) is 11.8 Å². The molecule has 0 heterocycles. The average Bonchev–Trinajstić information content (AvgIpc) is 2.78. The Labute approximate surface area is 184 Å². The van der Waals surface area contributed by atoms with Crippen LogP contribution in [0.5, 0.6) is 0 Å². The Balaban J connectivity index is 2.31. The zero-order chi connectivity index (χ0) is 22.7. The van der Waals surface area contributed by atoms with Crippen molar-refractivity contribution in [2.45, 2.75) is 70.8 Å². The highest BCUT2D eigenvalue weighted by Gasteiger charge is 2.37. The number of hydrazine groups is 1. The second kappa shape index (κ2) is 12.2. The van der Waals surface area contributed by atoms with Crippen LogP contribution in [0.3, 0.4) is 0 Å². The fraction of sp³-hybridized carbons (Fsp3) is 0.440. The van der Waals surface area contributed by atoms with Gasteiger partial charge >= 0.3 is 0 Å². The molecule has 5 nitrogen and oxygen atoms in total. The zero-order valence-electron chi connectivity index (χ0n) is 18.4. The monoisotopic (exact) mass is 428 g/mol. The van der Waals surface area contributed by atoms with Crippen molar-refractivity contribution in [3.05, 3.63) is 66.0 Å². The minimum Gasteiger partial charge on any atom is -0.380 e. The smallest absolute Gasteiger partial charge is 0.279 e. The number of carbonyl (C=O) groups is 2. The molecule has 2 N–H and O–H groups in total. The van der Waals surface area contributed by atoms with E-state index in [2.05, 4.69) is 19.3 Å². The van der Waals surface area contributed by atoms with Crippen LogP contribution in [0, 0.1) is 5.82 Å². The molecule has 0 fully saturated rings. The molecule has 0 aromatic heterocycles. The molecular weight excluding hydrogens is 395 g/mol. The number of benzene rings is 2. The largest absolute Gasteiger partial charge is 0.380 e. The fourth-order valence-corrected chi connectivity index (χ4v) is 3.46. The number of para-hydroxylation sites is 1. The topological polar surface area (TPSA) is 69.6 Å². The summed E-state index contributed by atoms with van der Waals surface area (Å²) in [5.41, 5.74) is 1.21. The lowest BCUT2D eigenvalue weighted by molar-refractivity contribution is -0.141. The second-order valence-electron chi connectivity index (χ2n) is 7.84. The Hall–Kier alpha value is -2.73. The summed E-state index contributed by atoms with van der Waals surface area (Å²) in [6.07, 6.45) is 5.78. The predicted octanol–water partition coefficient (Wildman–Crippen LogP) is 5.40. The van der Waals surface area contributed by atoms with Crippen LogP contribution in [0.25, 0.3) is 0 Å². The number of nitrogens with one attached hydrogen (secondary N) is 1. The van der Waals surface area contributed by atoms with Crippen LogP contribution in [0.4, 0.5) is 10.1 Å². The summed E-state index contributed by atoms with van der Waals surface area (Å²) < 4.78 is 14.3. The molecule has 0 spiro atoms. The Kier molecular flexibility index (Phi) is 9.66. The molecule has 31 heavy (non-hydrogen) atoms. The number of amides is 2. The lowest BCUT2D eigenvalue weighted by Crippen LogP contribution is -2.55. The normalized spacial score (nSPS) is 11.2. The molecule has 0 bridgehead atoms. The summed E-state index contributed by atoms with van der Waals surface area (Å²) >= 11 is 0. The number of unbranched alkanes of at least 4 members (excludes halogenated alkanes) is 4. The van der Waals surface area contributed by atoms with Crippen LogP contribution in [0.15, 0.2) is 54.6 Å². The first-order valence-electron chi connectivity index (χ1n) is 11.1. The van der Waals surface area contributed by atoms with Crippen molar-refractivity contribution < 1.29 is 19.1 Å². The molecule has 2 aromatic rings. The van der Waals surface area contributed by atoms with Gasteiger partial charge in [-0.15, -0.1) is 0 Å². The van der Waals surface area contributed by atoms with Gasteiger partial charge in [0.1, 0.15) is 11.4 Å². The SMILES string of the molecule is CCCCCC(O)(CCCCC)C(=O)NN(C(=O)c1ccccc1F)c1ccccc1. The van der Waals surface area contributed by atoms with Crippen molar-refractivity contribution in [2.24, 2.45) is 0 Å². The standard InChI is InChI=1S/C25H33FN2O3/c1-3-5-12-18-25(31,19-13-6-4-2)24(30)27-28(20-14-8-7-9-15-20)23(29)21-16-10-11-17-22(21)26/h7-11,14-17,31H,3-6,12-13,18-19H2,1-2H3,(H,27,30). The Bertz CT molecular complexity index is 832. The number of nitrogens with zero attached hydrogens (tertiary/aromatic N) is 1. The first-order valence-corrected chi connectivity index (χ1v) is 11.1. The molecule has 168 valence electrons. The predicted molar refractivity (Wildman–Crippen MR) is 121 cm³/mol. The van der Waals surface area contributed by atoms with Crippen molar-refractivity contribution in [1.29, 1.82) is 0 Å². The highest BCUT2D eigenvalue weighted by Crippen LogP contribution is 2.24. The van der Waals surface area contributed by atoms with Gasteiger partial charge in [-0.25, -0.2) is 9.40 Å². The van der Waals surface area contributed by atoms with Crippen LogP contribution in [-0.4, -0.2) is 22.5 Å². The molecular formula is C25H33FN2O3. The van der Waals surface area contributed by atoms with Crippen molar-refractivity contribution in [1.82, 2.24) is 5.43 Å². The van der Waals surface area contributed by atoms with E-state index in [1.165, 1.54) is 18.2 Å². The number of halogens is 1. The number of aliphatic hydroxyl groups is 1. The van der Waals surface area contributed by atoms with Gasteiger partial charge in [-0.2, -0.15) is 0 Å². The van der Waals surface area contributed by atoms with Gasteiger partial charge in [0, 0.05) is 0 Å². The molecule has 0 aliphatic heterocycles. The lowest BCUT2D eigenvalue weighted by Gasteiger charge is -2.31. The number of rotatable bonds is 11. The van der Waals surface area contributed by atoms with Gasteiger partial charge in [-0.3, -0.25) is 15.0 Å². The van der Waals surface area contributed by atoms with Gasteiger partial charge in [0.2, 0.25) is 0 Å². The quantitative estimate of drug-likeness (QED) is 0.372. The molecule has 0 saturated carbocycles. The summed E-state index contributed by atoms with van der Waals surface area (Å²) in [4.78, 5) is 26.3. The van der Waals surface area contributed by atoms with E-state index in [1.54, 1.807) is 36.4 Å². The van der Waals surface area contributed by atoms with Crippen LogP contribution in [-0.2, 0) is 4.79 Å². The first kappa shape index (κ1) is 24.5. The highest BCUT2D eigenvalue weighted by molar-refractivity contribution is 6.08. The van der Waals surface area contributed by atoms with Gasteiger partial charge in [0.05, 0.1) is 11.3 Å². The summed E-state index contributed by atoms with van der Waals surface area (Å²) in [7, 11) is 0. The maximum absolute atomic E-state index is 14.3. The molecule has 0 aliphatic rings. The summed E-state index contributed by atoms with van der Waals surface area (Å²) in [6, 6.07) is 14.1. The van der Waals surface area contributed by atoms with E-state index in [9.17, 15) is 19.1 Å². The molecule has 0 aliphatic carbocycles. The lowest BCUT2D eigenvalue weighted by atomic mass is 9.89. The maximum atomic E-state index is 14.3. The van der Waals surface area contributed by atoms with E-state index < -0.39 is 23.2 Å². The van der Waals surface area contributed by atoms with Crippen molar-refractivity contribution >= 4 is 17.5 Å². The fourth-order valence-electron chi connectivity index (χ4n) is 3.46. The molecule has 0 unspecified atom stereocenters. The number of hydrogen-bond donors (Lipinski definition) is 2. The Morgan fingerprint density at radius 2 is 1.45 bits per heavy atom. The van der Waals surface area contributed by atoms with Gasteiger partial charge < -0.3 is 5.11 Å². The average molecular weight is 429 g/mol. The molecule has 2 aromatic carbocycles. The third-order valence-corrected chi connectivity index (χ3v) is 5.35. The van der Waals surface area contributed by atoms with Gasteiger partial charge in [-0.05, 0) is 37.1 Å². The minimum atomic E-state index is -1.59. The van der Waals surface area contributed by atoms with Crippen molar-refractivity contribution in [3.8, 4) is 0 Å². The zero-order valence-corrected chi connectivity index (χ0v) is 18.4. The van der Waals surface area contributed by atoms with Crippen LogP contribution < -0.4 is 10.4 Å². The van der Waals surface area contributed by atoms with Crippen LogP contribution in [0.2, 0.25) is 0 Å². The molecule has 2 amide bonds. The van der Waals surface area contributed by atoms with Crippen molar-refractivity contribution in [2.75, 3.05) is 5.01 Å². The van der Waals surface area contributed by atoms with E-state index in [0.717, 1.165) is 30.7 Å².